The molecule has 3 rings (SSSR count). The highest BCUT2D eigenvalue weighted by Gasteiger charge is 2.95. The van der Waals surface area contributed by atoms with Gasteiger partial charge in [-0.2, -0.15) is 0 Å². The lowest BCUT2D eigenvalue weighted by Crippen LogP contribution is -2.66. The summed E-state index contributed by atoms with van der Waals surface area (Å²) >= 11 is 0. The van der Waals surface area contributed by atoms with Crippen LogP contribution in [0.4, 0.5) is 0 Å². The van der Waals surface area contributed by atoms with Gasteiger partial charge in [0.05, 0.1) is 0 Å². The largest absolute Gasteiger partial charge is 0.462 e. The summed E-state index contributed by atoms with van der Waals surface area (Å²) in [4.78, 5) is 0. The van der Waals surface area contributed by atoms with Crippen molar-refractivity contribution in [1.82, 2.24) is 0 Å². The maximum Gasteiger partial charge on any atom is 0.211 e. The Morgan fingerprint density at radius 2 is 1.07 bits per heavy atom. The Morgan fingerprint density at radius 1 is 0.767 bits per heavy atom. The smallest absolute Gasteiger partial charge is 0.211 e. The SMILES string of the molecule is CCCOC1(C([SiH](C)O[SiH2]C)(C2(OCCC)OC2C)C2(OCCC)OC2C)OC1C. The van der Waals surface area contributed by atoms with Crippen LogP contribution in [0.15, 0.2) is 0 Å². The molecule has 176 valence electrons. The molecule has 0 saturated carbocycles. The van der Waals surface area contributed by atoms with E-state index in [0.717, 1.165) is 19.3 Å². The summed E-state index contributed by atoms with van der Waals surface area (Å²) in [5, 5.41) is -0.784. The summed E-state index contributed by atoms with van der Waals surface area (Å²) in [6, 6.07) is 0. The zero-order valence-electron chi connectivity index (χ0n) is 20.1. The second kappa shape index (κ2) is 9.19. The van der Waals surface area contributed by atoms with Crippen molar-refractivity contribution in [3.8, 4) is 0 Å². The van der Waals surface area contributed by atoms with Crippen molar-refractivity contribution < 1.29 is 32.5 Å². The van der Waals surface area contributed by atoms with E-state index in [1.807, 2.05) is 0 Å². The topological polar surface area (TPSA) is 74.5 Å². The van der Waals surface area contributed by atoms with Crippen LogP contribution < -0.4 is 0 Å². The lowest BCUT2D eigenvalue weighted by atomic mass is 9.82. The zero-order chi connectivity index (χ0) is 22.2. The van der Waals surface area contributed by atoms with E-state index in [0.29, 0.717) is 19.8 Å². The molecule has 3 aliphatic rings. The second-order valence-electron chi connectivity index (χ2n) is 8.73. The van der Waals surface area contributed by atoms with Gasteiger partial charge in [0.2, 0.25) is 17.4 Å². The van der Waals surface area contributed by atoms with Crippen LogP contribution in [0.1, 0.15) is 60.8 Å². The fraction of sp³-hybridized carbons (Fsp3) is 1.00. The minimum absolute atomic E-state index is 0.113. The molecule has 3 fully saturated rings. The molecule has 7 atom stereocenters. The lowest BCUT2D eigenvalue weighted by Gasteiger charge is -2.49. The summed E-state index contributed by atoms with van der Waals surface area (Å²) in [5.74, 6) is -2.68. The van der Waals surface area contributed by atoms with Crippen molar-refractivity contribution in [2.24, 2.45) is 0 Å². The summed E-state index contributed by atoms with van der Waals surface area (Å²) in [5.41, 5.74) is 0. The van der Waals surface area contributed by atoms with Crippen molar-refractivity contribution in [2.75, 3.05) is 19.8 Å². The molecule has 0 radical (unpaired) electrons. The Bertz CT molecular complexity index is 526. The first kappa shape index (κ1) is 24.8. The molecule has 7 unspecified atom stereocenters. The van der Waals surface area contributed by atoms with Gasteiger partial charge in [0, 0.05) is 19.8 Å². The van der Waals surface area contributed by atoms with E-state index in [9.17, 15) is 0 Å². The zero-order valence-corrected chi connectivity index (χ0v) is 22.7. The first-order chi connectivity index (χ1) is 14.3. The summed E-state index contributed by atoms with van der Waals surface area (Å²) in [7, 11) is -2.76. The lowest BCUT2D eigenvalue weighted by molar-refractivity contribution is -0.234. The van der Waals surface area contributed by atoms with Crippen LogP contribution in [0.2, 0.25) is 18.1 Å². The first-order valence-electron chi connectivity index (χ1n) is 11.9. The summed E-state index contributed by atoms with van der Waals surface area (Å²) in [6.45, 7) is 18.7. The number of hydrogen-bond acceptors (Lipinski definition) is 7. The minimum atomic E-state index is -2.07. The molecule has 0 amide bonds. The molecule has 9 heteroatoms. The Labute approximate surface area is 186 Å². The number of ether oxygens (including phenoxy) is 6. The average molecular weight is 463 g/mol. The molecule has 7 nitrogen and oxygen atoms in total. The van der Waals surface area contributed by atoms with Crippen LogP contribution in [0.25, 0.3) is 0 Å². The maximum atomic E-state index is 6.57. The molecule has 0 aliphatic carbocycles. The van der Waals surface area contributed by atoms with E-state index >= 15 is 0 Å². The van der Waals surface area contributed by atoms with Crippen LogP contribution in [-0.2, 0) is 32.5 Å². The van der Waals surface area contributed by atoms with Crippen LogP contribution in [0.5, 0.6) is 0 Å². The summed E-state index contributed by atoms with van der Waals surface area (Å²) in [6.07, 6.45) is 2.35. The molecule has 0 spiro atoms. The van der Waals surface area contributed by atoms with Gasteiger partial charge < -0.3 is 32.5 Å². The van der Waals surface area contributed by atoms with Gasteiger partial charge in [0.1, 0.15) is 28.1 Å². The van der Waals surface area contributed by atoms with Crippen molar-refractivity contribution in [1.29, 1.82) is 0 Å². The third-order valence-electron chi connectivity index (χ3n) is 6.73. The van der Waals surface area contributed by atoms with Crippen LogP contribution >= 0.6 is 0 Å². The molecule has 0 aromatic heterocycles. The number of epoxide rings is 3. The van der Waals surface area contributed by atoms with Gasteiger partial charge >= 0.3 is 0 Å². The van der Waals surface area contributed by atoms with Crippen LogP contribution in [0.3, 0.4) is 0 Å². The highest BCUT2D eigenvalue weighted by atomic mass is 28.3. The Kier molecular flexibility index (Phi) is 7.59. The molecule has 0 N–H and O–H groups in total. The van der Waals surface area contributed by atoms with Crippen molar-refractivity contribution in [2.45, 2.75) is 115 Å². The van der Waals surface area contributed by atoms with Crippen molar-refractivity contribution >= 4 is 18.8 Å². The first-order valence-corrected chi connectivity index (χ1v) is 16.1. The number of hydrogen-bond donors (Lipinski definition) is 0. The molecule has 3 aliphatic heterocycles. The van der Waals surface area contributed by atoms with Gasteiger partial charge in [0.25, 0.3) is 0 Å². The second-order valence-corrected chi connectivity index (χ2v) is 12.8. The highest BCUT2D eigenvalue weighted by molar-refractivity contribution is 6.61. The van der Waals surface area contributed by atoms with E-state index in [4.69, 9.17) is 32.5 Å². The molecule has 3 heterocycles. The third-order valence-corrected chi connectivity index (χ3v) is 12.5. The van der Waals surface area contributed by atoms with Crippen LogP contribution in [-0.4, -0.2) is 74.3 Å². The van der Waals surface area contributed by atoms with Gasteiger partial charge in [-0.1, -0.05) is 27.3 Å². The molecular formula is C21H42O7Si2. The Hall–Kier alpha value is 0.154. The third kappa shape index (κ3) is 3.40. The van der Waals surface area contributed by atoms with E-state index < -0.39 is 41.2 Å². The van der Waals surface area contributed by atoms with E-state index in [1.54, 1.807) is 0 Å². The molecule has 0 aromatic carbocycles. The predicted molar refractivity (Wildman–Crippen MR) is 120 cm³/mol. The van der Waals surface area contributed by atoms with Gasteiger partial charge in [-0.15, -0.1) is 0 Å². The van der Waals surface area contributed by atoms with E-state index in [1.165, 1.54) is 0 Å². The Morgan fingerprint density at radius 3 is 1.27 bits per heavy atom. The quantitative estimate of drug-likeness (QED) is 0.274. The van der Waals surface area contributed by atoms with E-state index in [2.05, 4.69) is 54.6 Å². The minimum Gasteiger partial charge on any atom is -0.462 e. The van der Waals surface area contributed by atoms with Gasteiger partial charge in [0.15, 0.2) is 14.1 Å². The van der Waals surface area contributed by atoms with Crippen molar-refractivity contribution in [3.05, 3.63) is 0 Å². The standard InChI is InChI=1S/C21H42O7Si2/c1-9-12-22-18(15(4)25-18)21(30(8)28-29-7,19(16(5)26-19)23-13-10-2)20(17(6)27-20)24-14-11-3/h15-17,30H,9-14,29H2,1-8H3. The fourth-order valence-electron chi connectivity index (χ4n) is 5.44. The number of rotatable bonds is 15. The van der Waals surface area contributed by atoms with Gasteiger partial charge in [-0.3, -0.25) is 0 Å². The predicted octanol–water partition coefficient (Wildman–Crippen LogP) is 2.85. The Balaban J connectivity index is 2.20. The molecule has 30 heavy (non-hydrogen) atoms. The van der Waals surface area contributed by atoms with Gasteiger partial charge in [-0.05, 0) is 46.6 Å². The molecular weight excluding hydrogens is 420 g/mol. The summed E-state index contributed by atoms with van der Waals surface area (Å²) < 4.78 is 45.4. The highest BCUT2D eigenvalue weighted by Crippen LogP contribution is 2.79. The average Bonchev–Trinajstić information content (AvgIpc) is 3.66. The fourth-order valence-corrected chi connectivity index (χ4v) is 11.3. The maximum absolute atomic E-state index is 6.57. The normalized spacial score (nSPS) is 43.0. The molecule has 0 bridgehead atoms. The molecule has 3 saturated heterocycles. The van der Waals surface area contributed by atoms with Crippen molar-refractivity contribution in [3.63, 3.8) is 0 Å². The van der Waals surface area contributed by atoms with E-state index in [-0.39, 0.29) is 18.3 Å². The monoisotopic (exact) mass is 462 g/mol. The van der Waals surface area contributed by atoms with Gasteiger partial charge in [-0.25, -0.2) is 0 Å². The van der Waals surface area contributed by atoms with Crippen LogP contribution in [0, 0.1) is 0 Å². The molecule has 0 aromatic rings.